The van der Waals surface area contributed by atoms with Crippen LogP contribution in [0.25, 0.3) is 77.3 Å². The first-order valence-corrected chi connectivity index (χ1v) is 17.6. The molecule has 3 heteroatoms. The van der Waals surface area contributed by atoms with Crippen LogP contribution in [0.15, 0.2) is 180 Å². The molecular weight excluding hydrogens is 623 g/mol. The minimum absolute atomic E-state index is 0.0872. The van der Waals surface area contributed by atoms with Crippen LogP contribution < -0.4 is 4.74 Å². The van der Waals surface area contributed by atoms with Crippen molar-refractivity contribution in [2.45, 2.75) is 12.0 Å². The summed E-state index contributed by atoms with van der Waals surface area (Å²) in [4.78, 5) is 0. The molecule has 240 valence electrons. The third-order valence-corrected chi connectivity index (χ3v) is 10.8. The van der Waals surface area contributed by atoms with E-state index in [4.69, 9.17) is 9.15 Å². The Labute approximate surface area is 295 Å². The predicted octanol–water partition coefficient (Wildman–Crippen LogP) is 12.5. The number of ether oxygens (including phenoxy) is 1. The van der Waals surface area contributed by atoms with Gasteiger partial charge in [0.15, 0.2) is 11.3 Å². The predicted molar refractivity (Wildman–Crippen MR) is 210 cm³/mol. The van der Waals surface area contributed by atoms with Gasteiger partial charge in [-0.25, -0.2) is 0 Å². The molecular formula is C48H31NO2. The minimum Gasteiger partial charge on any atom is -0.480 e. The molecule has 2 aromatic heterocycles. The molecule has 0 saturated heterocycles. The van der Waals surface area contributed by atoms with Crippen molar-refractivity contribution in [2.24, 2.45) is 0 Å². The van der Waals surface area contributed by atoms with E-state index >= 15 is 0 Å². The Bertz CT molecular complexity index is 2880. The highest BCUT2D eigenvalue weighted by Crippen LogP contribution is 2.51. The van der Waals surface area contributed by atoms with Gasteiger partial charge in [0.25, 0.3) is 0 Å². The fourth-order valence-electron chi connectivity index (χ4n) is 8.41. The first-order valence-electron chi connectivity index (χ1n) is 17.6. The molecule has 0 amide bonds. The summed E-state index contributed by atoms with van der Waals surface area (Å²) < 4.78 is 16.1. The zero-order chi connectivity index (χ0) is 33.5. The van der Waals surface area contributed by atoms with Crippen molar-refractivity contribution in [1.82, 2.24) is 4.57 Å². The maximum Gasteiger partial charge on any atom is 0.177 e. The monoisotopic (exact) mass is 653 g/mol. The number of allylic oxidation sites excluding steroid dienone is 2. The first-order chi connectivity index (χ1) is 25.3. The largest absolute Gasteiger partial charge is 0.480 e. The van der Waals surface area contributed by atoms with Gasteiger partial charge in [0, 0.05) is 49.9 Å². The van der Waals surface area contributed by atoms with Crippen LogP contribution in [0.2, 0.25) is 0 Å². The number of aromatic nitrogens is 1. The van der Waals surface area contributed by atoms with Gasteiger partial charge >= 0.3 is 0 Å². The van der Waals surface area contributed by atoms with E-state index in [1.165, 1.54) is 49.6 Å². The van der Waals surface area contributed by atoms with Crippen LogP contribution in [-0.4, -0.2) is 10.7 Å². The summed E-state index contributed by atoms with van der Waals surface area (Å²) in [5.74, 6) is 0.996. The first kappa shape index (κ1) is 28.3. The van der Waals surface area contributed by atoms with Gasteiger partial charge in [0.1, 0.15) is 11.7 Å². The molecule has 0 fully saturated rings. The number of benzene rings is 7. The lowest BCUT2D eigenvalue weighted by molar-refractivity contribution is 0.278. The van der Waals surface area contributed by atoms with Crippen molar-refractivity contribution < 1.29 is 9.15 Å². The highest BCUT2D eigenvalue weighted by molar-refractivity contribution is 6.14. The number of para-hydroxylation sites is 2. The maximum absolute atomic E-state index is 6.91. The topological polar surface area (TPSA) is 27.3 Å². The minimum atomic E-state index is -0.0872. The fraction of sp³-hybridized carbons (Fsp3) is 0.0417. The van der Waals surface area contributed by atoms with Crippen molar-refractivity contribution in [3.8, 4) is 33.7 Å². The molecule has 0 spiro atoms. The second-order valence-corrected chi connectivity index (χ2v) is 13.6. The molecule has 2 unspecified atom stereocenters. The average molecular weight is 654 g/mol. The molecule has 0 saturated carbocycles. The molecule has 0 bridgehead atoms. The lowest BCUT2D eigenvalue weighted by Gasteiger charge is -2.22. The number of rotatable bonds is 4. The van der Waals surface area contributed by atoms with Gasteiger partial charge < -0.3 is 13.7 Å². The SMILES string of the molecule is C1=CC2c3ccc4c(oc5c(-c6ccc7c(c6)c6cc(-c8ccccc8)ccc6n7-c6ccccc6)cccc54)c3OC2C(c2ccccc2)=C1. The second kappa shape index (κ2) is 11.0. The summed E-state index contributed by atoms with van der Waals surface area (Å²) >= 11 is 0. The highest BCUT2D eigenvalue weighted by atomic mass is 16.5. The van der Waals surface area contributed by atoms with Crippen molar-refractivity contribution in [3.05, 3.63) is 187 Å². The molecule has 7 aromatic carbocycles. The summed E-state index contributed by atoms with van der Waals surface area (Å²) in [7, 11) is 0. The summed E-state index contributed by atoms with van der Waals surface area (Å²) in [5.41, 5.74) is 13.4. The zero-order valence-corrected chi connectivity index (χ0v) is 27.7. The molecule has 2 aliphatic rings. The van der Waals surface area contributed by atoms with Crippen molar-refractivity contribution in [1.29, 1.82) is 0 Å². The summed E-state index contributed by atoms with van der Waals surface area (Å²) in [6, 6.07) is 56.4. The van der Waals surface area contributed by atoms with E-state index in [-0.39, 0.29) is 12.0 Å². The van der Waals surface area contributed by atoms with E-state index in [9.17, 15) is 0 Å². The Kier molecular flexibility index (Phi) is 6.08. The Morgan fingerprint density at radius 3 is 1.92 bits per heavy atom. The lowest BCUT2D eigenvalue weighted by Crippen LogP contribution is -2.21. The van der Waals surface area contributed by atoms with Crippen LogP contribution >= 0.6 is 0 Å². The van der Waals surface area contributed by atoms with E-state index in [2.05, 4.69) is 181 Å². The molecule has 9 aromatic rings. The molecule has 0 N–H and O–H groups in total. The van der Waals surface area contributed by atoms with Crippen LogP contribution in [0.5, 0.6) is 5.75 Å². The van der Waals surface area contributed by atoms with Crippen LogP contribution in [0.1, 0.15) is 17.0 Å². The molecule has 2 atom stereocenters. The van der Waals surface area contributed by atoms with Gasteiger partial charge in [-0.15, -0.1) is 0 Å². The van der Waals surface area contributed by atoms with Crippen molar-refractivity contribution >= 4 is 49.3 Å². The molecule has 3 heterocycles. The van der Waals surface area contributed by atoms with Crippen LogP contribution in [0.4, 0.5) is 0 Å². The van der Waals surface area contributed by atoms with E-state index in [0.717, 1.165) is 44.5 Å². The van der Waals surface area contributed by atoms with E-state index in [0.29, 0.717) is 0 Å². The van der Waals surface area contributed by atoms with Gasteiger partial charge in [-0.2, -0.15) is 0 Å². The normalized spacial score (nSPS) is 16.4. The van der Waals surface area contributed by atoms with E-state index < -0.39 is 0 Å². The highest BCUT2D eigenvalue weighted by Gasteiger charge is 2.39. The smallest absolute Gasteiger partial charge is 0.177 e. The number of hydrogen-bond acceptors (Lipinski definition) is 2. The number of furan rings is 1. The summed E-state index contributed by atoms with van der Waals surface area (Å²) in [6.07, 6.45) is 6.52. The number of fused-ring (bicyclic) bond motifs is 10. The fourth-order valence-corrected chi connectivity index (χ4v) is 8.41. The van der Waals surface area contributed by atoms with Crippen LogP contribution in [0, 0.1) is 0 Å². The Morgan fingerprint density at radius 1 is 0.490 bits per heavy atom. The molecule has 3 nitrogen and oxygen atoms in total. The molecule has 51 heavy (non-hydrogen) atoms. The lowest BCUT2D eigenvalue weighted by atomic mass is 9.84. The van der Waals surface area contributed by atoms with Gasteiger partial charge in [0.2, 0.25) is 0 Å². The molecule has 11 rings (SSSR count). The third-order valence-electron chi connectivity index (χ3n) is 10.8. The molecule has 1 aliphatic carbocycles. The Morgan fingerprint density at radius 2 is 1.16 bits per heavy atom. The average Bonchev–Trinajstić information content (AvgIpc) is 3.88. The van der Waals surface area contributed by atoms with E-state index in [1.54, 1.807) is 0 Å². The summed E-state index contributed by atoms with van der Waals surface area (Å²) in [5, 5.41) is 4.60. The van der Waals surface area contributed by atoms with Crippen LogP contribution in [-0.2, 0) is 0 Å². The summed E-state index contributed by atoms with van der Waals surface area (Å²) in [6.45, 7) is 0. The van der Waals surface area contributed by atoms with E-state index in [1.807, 2.05) is 0 Å². The van der Waals surface area contributed by atoms with Gasteiger partial charge in [0.05, 0.1) is 11.0 Å². The van der Waals surface area contributed by atoms with Crippen molar-refractivity contribution in [3.63, 3.8) is 0 Å². The Balaban J connectivity index is 1.08. The standard InChI is InChI=1S/C48H31NO2/c1-4-12-30(13-5-1)32-22-26-43-41(28-32)42-29-33(23-27-44(42)49(43)34-16-8-3-9-17-34)36-19-11-21-38-40-25-24-39-37-20-10-18-35(31-14-6-2-7-15-31)45(37)50-47(39)48(40)51-46(36)38/h1-29,37,45H. The van der Waals surface area contributed by atoms with Crippen LogP contribution in [0.3, 0.4) is 0 Å². The molecule has 1 aliphatic heterocycles. The second-order valence-electron chi connectivity index (χ2n) is 13.6. The quantitative estimate of drug-likeness (QED) is 0.189. The number of nitrogens with zero attached hydrogens (tertiary/aromatic N) is 1. The molecule has 0 radical (unpaired) electrons. The zero-order valence-electron chi connectivity index (χ0n) is 27.7. The van der Waals surface area contributed by atoms with Crippen molar-refractivity contribution in [2.75, 3.05) is 0 Å². The third kappa shape index (κ3) is 4.25. The van der Waals surface area contributed by atoms with Gasteiger partial charge in [-0.1, -0.05) is 133 Å². The van der Waals surface area contributed by atoms with Gasteiger partial charge in [-0.05, 0) is 64.7 Å². The van der Waals surface area contributed by atoms with Gasteiger partial charge in [-0.3, -0.25) is 0 Å². The maximum atomic E-state index is 6.91. The Hall–Kier alpha value is -6.58. The number of hydrogen-bond donors (Lipinski definition) is 0.